The topological polar surface area (TPSA) is 119 Å². The van der Waals surface area contributed by atoms with E-state index in [4.69, 9.17) is 33.0 Å². The van der Waals surface area contributed by atoms with Gasteiger partial charge in [0.15, 0.2) is 0 Å². The zero-order valence-corrected chi connectivity index (χ0v) is 12.0. The van der Waals surface area contributed by atoms with Crippen LogP contribution in [0.2, 0.25) is 10.0 Å². The number of nitrogens with one attached hydrogen (secondary N) is 1. The minimum absolute atomic E-state index is 0.0124. The molecule has 0 radical (unpaired) electrons. The molecule has 0 aliphatic rings. The van der Waals surface area contributed by atoms with Crippen molar-refractivity contribution in [2.24, 2.45) is 0 Å². The van der Waals surface area contributed by atoms with Crippen molar-refractivity contribution in [3.05, 3.63) is 37.9 Å². The molecule has 2 N–H and O–H groups in total. The molecule has 21 heavy (non-hydrogen) atoms. The summed E-state index contributed by atoms with van der Waals surface area (Å²) in [5.41, 5.74) is -0.509. The van der Waals surface area contributed by atoms with Crippen molar-refractivity contribution in [2.75, 3.05) is 19.8 Å². The molecule has 10 heteroatoms. The number of nitrogens with zero attached hydrogens (tertiary/aromatic N) is 1. The van der Waals surface area contributed by atoms with Gasteiger partial charge in [0.1, 0.15) is 11.6 Å². The van der Waals surface area contributed by atoms with Gasteiger partial charge < -0.3 is 15.2 Å². The summed E-state index contributed by atoms with van der Waals surface area (Å²) < 4.78 is 4.72. The van der Waals surface area contributed by atoms with Crippen LogP contribution in [0.5, 0.6) is 0 Å². The standard InChI is InChI=1S/C11H10Cl2N2O6/c12-7-3-6(4-8(10(7)13)15(19)20)11(18)14-1-2-21-5-9(16)17/h3-4H,1-2,5H2,(H,14,18)(H,16,17). The van der Waals surface area contributed by atoms with Gasteiger partial charge >= 0.3 is 5.97 Å². The van der Waals surface area contributed by atoms with Crippen molar-refractivity contribution in [3.63, 3.8) is 0 Å². The zero-order valence-electron chi connectivity index (χ0n) is 10.5. The van der Waals surface area contributed by atoms with Crippen molar-refractivity contribution in [1.82, 2.24) is 5.32 Å². The summed E-state index contributed by atoms with van der Waals surface area (Å²) in [7, 11) is 0. The van der Waals surface area contributed by atoms with Crippen molar-refractivity contribution in [3.8, 4) is 0 Å². The number of hydrogen-bond donors (Lipinski definition) is 2. The van der Waals surface area contributed by atoms with Crippen molar-refractivity contribution < 1.29 is 24.4 Å². The number of carboxylic acid groups (broad SMARTS) is 1. The van der Waals surface area contributed by atoms with Crippen LogP contribution in [0.3, 0.4) is 0 Å². The van der Waals surface area contributed by atoms with Gasteiger partial charge in [0.2, 0.25) is 0 Å². The molecule has 8 nitrogen and oxygen atoms in total. The maximum atomic E-state index is 11.8. The molecule has 0 unspecified atom stereocenters. The molecule has 0 spiro atoms. The summed E-state index contributed by atoms with van der Waals surface area (Å²) in [6.07, 6.45) is 0. The SMILES string of the molecule is O=C(O)COCCNC(=O)c1cc(Cl)c(Cl)c([N+](=O)[O-])c1. The van der Waals surface area contributed by atoms with E-state index in [1.165, 1.54) is 6.07 Å². The van der Waals surface area contributed by atoms with Gasteiger partial charge in [-0.3, -0.25) is 14.9 Å². The van der Waals surface area contributed by atoms with E-state index < -0.39 is 29.1 Å². The minimum atomic E-state index is -1.12. The van der Waals surface area contributed by atoms with Crippen LogP contribution in [0.25, 0.3) is 0 Å². The van der Waals surface area contributed by atoms with Gasteiger partial charge in [0, 0.05) is 18.2 Å². The number of nitro benzene ring substituents is 1. The second-order valence-electron chi connectivity index (χ2n) is 3.75. The molecule has 0 fully saturated rings. The lowest BCUT2D eigenvalue weighted by Crippen LogP contribution is -2.28. The number of amides is 1. The fourth-order valence-corrected chi connectivity index (χ4v) is 1.73. The highest BCUT2D eigenvalue weighted by atomic mass is 35.5. The smallest absolute Gasteiger partial charge is 0.329 e. The van der Waals surface area contributed by atoms with Crippen LogP contribution in [0.15, 0.2) is 12.1 Å². The molecule has 0 atom stereocenters. The van der Waals surface area contributed by atoms with Crippen LogP contribution < -0.4 is 5.32 Å². The summed E-state index contributed by atoms with van der Waals surface area (Å²) in [5, 5.41) is 21.1. The summed E-state index contributed by atoms with van der Waals surface area (Å²) in [5.74, 6) is -1.74. The van der Waals surface area contributed by atoms with Crippen LogP contribution >= 0.6 is 23.2 Å². The molecule has 114 valence electrons. The van der Waals surface area contributed by atoms with E-state index in [0.717, 1.165) is 6.07 Å². The molecule has 0 aromatic heterocycles. The highest BCUT2D eigenvalue weighted by molar-refractivity contribution is 6.43. The zero-order chi connectivity index (χ0) is 16.0. The molecule has 0 saturated carbocycles. The predicted molar refractivity (Wildman–Crippen MR) is 73.9 cm³/mol. The van der Waals surface area contributed by atoms with Crippen LogP contribution in [0.1, 0.15) is 10.4 Å². The fraction of sp³-hybridized carbons (Fsp3) is 0.273. The van der Waals surface area contributed by atoms with Crippen LogP contribution in [-0.4, -0.2) is 41.7 Å². The molecule has 0 heterocycles. The van der Waals surface area contributed by atoms with E-state index in [0.29, 0.717) is 0 Å². The Morgan fingerprint density at radius 2 is 2.05 bits per heavy atom. The highest BCUT2D eigenvalue weighted by Gasteiger charge is 2.19. The maximum absolute atomic E-state index is 11.8. The van der Waals surface area contributed by atoms with Gasteiger partial charge in [-0.2, -0.15) is 0 Å². The Morgan fingerprint density at radius 1 is 1.38 bits per heavy atom. The fourth-order valence-electron chi connectivity index (χ4n) is 1.34. The number of carbonyl (C=O) groups excluding carboxylic acids is 1. The second-order valence-corrected chi connectivity index (χ2v) is 4.54. The number of benzene rings is 1. The van der Waals surface area contributed by atoms with Gasteiger partial charge in [-0.1, -0.05) is 23.2 Å². The van der Waals surface area contributed by atoms with E-state index in [-0.39, 0.29) is 28.8 Å². The number of rotatable bonds is 7. The lowest BCUT2D eigenvalue weighted by molar-refractivity contribution is -0.384. The first-order chi connectivity index (χ1) is 9.82. The molecular formula is C11H10Cl2N2O6. The number of halogens is 2. The summed E-state index contributed by atoms with van der Waals surface area (Å²) in [4.78, 5) is 32.0. The molecular weight excluding hydrogens is 327 g/mol. The average Bonchev–Trinajstić information content (AvgIpc) is 2.40. The van der Waals surface area contributed by atoms with E-state index in [1.54, 1.807) is 0 Å². The van der Waals surface area contributed by atoms with E-state index in [1.807, 2.05) is 0 Å². The minimum Gasteiger partial charge on any atom is -0.480 e. The maximum Gasteiger partial charge on any atom is 0.329 e. The Balaban J connectivity index is 2.66. The lowest BCUT2D eigenvalue weighted by Gasteiger charge is -2.06. The van der Waals surface area contributed by atoms with E-state index in [2.05, 4.69) is 5.32 Å². The van der Waals surface area contributed by atoms with Crippen molar-refractivity contribution in [1.29, 1.82) is 0 Å². The normalized spacial score (nSPS) is 10.2. The second kappa shape index (κ2) is 7.77. The Hall–Kier alpha value is -1.90. The summed E-state index contributed by atoms with van der Waals surface area (Å²) >= 11 is 11.4. The van der Waals surface area contributed by atoms with E-state index >= 15 is 0 Å². The molecule has 1 aromatic carbocycles. The summed E-state index contributed by atoms with van der Waals surface area (Å²) in [6, 6.07) is 2.20. The van der Waals surface area contributed by atoms with Crippen molar-refractivity contribution in [2.45, 2.75) is 0 Å². The number of hydrogen-bond acceptors (Lipinski definition) is 5. The Bertz CT molecular complexity index is 578. The largest absolute Gasteiger partial charge is 0.480 e. The Kier molecular flexibility index (Phi) is 6.35. The molecule has 1 amide bonds. The van der Waals surface area contributed by atoms with Gasteiger partial charge in [-0.25, -0.2) is 4.79 Å². The first kappa shape index (κ1) is 17.2. The number of carbonyl (C=O) groups is 2. The molecule has 1 aromatic rings. The average molecular weight is 337 g/mol. The van der Waals surface area contributed by atoms with Gasteiger partial charge in [-0.05, 0) is 6.07 Å². The molecule has 0 saturated heterocycles. The van der Waals surface area contributed by atoms with Gasteiger partial charge in [0.05, 0.1) is 16.6 Å². The number of ether oxygens (including phenoxy) is 1. The first-order valence-corrected chi connectivity index (χ1v) is 6.29. The monoisotopic (exact) mass is 336 g/mol. The third-order valence-electron chi connectivity index (χ3n) is 2.23. The predicted octanol–water partition coefficient (Wildman–Crippen LogP) is 1.73. The van der Waals surface area contributed by atoms with Crippen LogP contribution in [-0.2, 0) is 9.53 Å². The number of aliphatic carboxylic acids is 1. The third kappa shape index (κ3) is 5.18. The molecule has 0 aliphatic heterocycles. The third-order valence-corrected chi connectivity index (χ3v) is 3.02. The Morgan fingerprint density at radius 3 is 2.62 bits per heavy atom. The van der Waals surface area contributed by atoms with Crippen LogP contribution in [0, 0.1) is 10.1 Å². The van der Waals surface area contributed by atoms with Gasteiger partial charge in [0.25, 0.3) is 11.6 Å². The number of nitro groups is 1. The van der Waals surface area contributed by atoms with Crippen molar-refractivity contribution >= 4 is 40.8 Å². The molecule has 0 bridgehead atoms. The Labute approximate surface area is 128 Å². The quantitative estimate of drug-likeness (QED) is 0.444. The summed E-state index contributed by atoms with van der Waals surface area (Å²) in [6.45, 7) is -0.449. The van der Waals surface area contributed by atoms with Gasteiger partial charge in [-0.15, -0.1) is 0 Å². The van der Waals surface area contributed by atoms with Crippen LogP contribution in [0.4, 0.5) is 5.69 Å². The van der Waals surface area contributed by atoms with E-state index in [9.17, 15) is 19.7 Å². The molecule has 1 rings (SSSR count). The molecule has 0 aliphatic carbocycles. The number of carboxylic acids is 1. The highest BCUT2D eigenvalue weighted by Crippen LogP contribution is 2.32. The first-order valence-electron chi connectivity index (χ1n) is 5.54. The lowest BCUT2D eigenvalue weighted by atomic mass is 10.2.